The monoisotopic (exact) mass is 256 g/mol. The molecule has 2 N–H and O–H groups in total. The molecule has 0 aliphatic heterocycles. The van der Waals surface area contributed by atoms with Gasteiger partial charge in [0.25, 0.3) is 0 Å². The number of carboxylic acid groups (broad SMARTS) is 1. The molecule has 19 heavy (non-hydrogen) atoms. The van der Waals surface area contributed by atoms with Gasteiger partial charge in [-0.1, -0.05) is 37.1 Å². The average Bonchev–Trinajstić information content (AvgIpc) is 2.89. The zero-order valence-electron chi connectivity index (χ0n) is 10.6. The summed E-state index contributed by atoms with van der Waals surface area (Å²) in [4.78, 5) is 15.9. The summed E-state index contributed by atoms with van der Waals surface area (Å²) in [5.74, 6) is -0.109. The van der Waals surface area contributed by atoms with E-state index < -0.39 is 11.5 Å². The Morgan fingerprint density at radius 3 is 2.68 bits per heavy atom. The number of anilines is 1. The molecule has 4 nitrogen and oxygen atoms in total. The molecule has 1 aromatic carbocycles. The Bertz CT molecular complexity index is 613. The van der Waals surface area contributed by atoms with Gasteiger partial charge >= 0.3 is 5.97 Å². The Morgan fingerprint density at radius 1 is 1.21 bits per heavy atom. The van der Waals surface area contributed by atoms with E-state index in [4.69, 9.17) is 0 Å². The van der Waals surface area contributed by atoms with Crippen molar-refractivity contribution in [2.75, 3.05) is 5.32 Å². The summed E-state index contributed by atoms with van der Waals surface area (Å²) in [5.41, 5.74) is -0.850. The van der Waals surface area contributed by atoms with Crippen molar-refractivity contribution in [3.8, 4) is 0 Å². The lowest BCUT2D eigenvalue weighted by Crippen LogP contribution is -2.43. The molecular weight excluding hydrogens is 240 g/mol. The quantitative estimate of drug-likeness (QED) is 0.886. The van der Waals surface area contributed by atoms with Gasteiger partial charge in [-0.3, -0.25) is 0 Å². The van der Waals surface area contributed by atoms with Crippen molar-refractivity contribution in [1.29, 1.82) is 0 Å². The van der Waals surface area contributed by atoms with E-state index in [0.717, 1.165) is 23.6 Å². The highest BCUT2D eigenvalue weighted by Gasteiger charge is 2.41. The number of carbonyl (C=O) groups is 1. The highest BCUT2D eigenvalue weighted by atomic mass is 16.4. The molecule has 1 fully saturated rings. The van der Waals surface area contributed by atoms with Gasteiger partial charge in [0.2, 0.25) is 0 Å². The van der Waals surface area contributed by atoms with Gasteiger partial charge in [0.05, 0.1) is 0 Å². The topological polar surface area (TPSA) is 62.2 Å². The first-order valence-electron chi connectivity index (χ1n) is 6.57. The van der Waals surface area contributed by atoms with Crippen molar-refractivity contribution >= 4 is 22.6 Å². The molecule has 0 amide bonds. The summed E-state index contributed by atoms with van der Waals surface area (Å²) in [6.45, 7) is 0. The molecule has 98 valence electrons. The van der Waals surface area contributed by atoms with Crippen LogP contribution in [-0.4, -0.2) is 21.6 Å². The number of nitrogens with zero attached hydrogens (tertiary/aromatic N) is 1. The van der Waals surface area contributed by atoms with Crippen LogP contribution in [0.3, 0.4) is 0 Å². The van der Waals surface area contributed by atoms with E-state index in [-0.39, 0.29) is 0 Å². The molecule has 3 rings (SSSR count). The molecule has 0 radical (unpaired) electrons. The summed E-state index contributed by atoms with van der Waals surface area (Å²) in [6, 6.07) is 9.81. The molecule has 1 heterocycles. The highest BCUT2D eigenvalue weighted by molar-refractivity contribution is 5.94. The summed E-state index contributed by atoms with van der Waals surface area (Å²) in [7, 11) is 0. The van der Waals surface area contributed by atoms with Crippen molar-refractivity contribution in [2.45, 2.75) is 31.2 Å². The average molecular weight is 256 g/mol. The van der Waals surface area contributed by atoms with Gasteiger partial charge in [-0.2, -0.15) is 0 Å². The fourth-order valence-electron chi connectivity index (χ4n) is 2.82. The first-order valence-corrected chi connectivity index (χ1v) is 6.57. The van der Waals surface area contributed by atoms with Crippen LogP contribution in [0.25, 0.3) is 10.8 Å². The van der Waals surface area contributed by atoms with Crippen LogP contribution >= 0.6 is 0 Å². The van der Waals surface area contributed by atoms with Crippen LogP contribution in [-0.2, 0) is 4.79 Å². The maximum atomic E-state index is 11.6. The number of nitrogens with one attached hydrogen (secondary N) is 1. The zero-order chi connectivity index (χ0) is 13.3. The summed E-state index contributed by atoms with van der Waals surface area (Å²) in [5, 5.41) is 14.7. The second-order valence-corrected chi connectivity index (χ2v) is 5.10. The fourth-order valence-corrected chi connectivity index (χ4v) is 2.82. The number of rotatable bonds is 3. The largest absolute Gasteiger partial charge is 0.480 e. The van der Waals surface area contributed by atoms with Crippen LogP contribution in [0.4, 0.5) is 5.82 Å². The molecule has 0 unspecified atom stereocenters. The molecular formula is C15H16N2O2. The van der Waals surface area contributed by atoms with Crippen molar-refractivity contribution < 1.29 is 9.90 Å². The van der Waals surface area contributed by atoms with Crippen LogP contribution in [0.5, 0.6) is 0 Å². The van der Waals surface area contributed by atoms with Crippen LogP contribution in [0.1, 0.15) is 25.7 Å². The predicted octanol–water partition coefficient (Wildman–Crippen LogP) is 3.04. The van der Waals surface area contributed by atoms with Gasteiger partial charge in [0.15, 0.2) is 0 Å². The summed E-state index contributed by atoms with van der Waals surface area (Å²) < 4.78 is 0. The lowest BCUT2D eigenvalue weighted by Gasteiger charge is -2.26. The van der Waals surface area contributed by atoms with Gasteiger partial charge < -0.3 is 10.4 Å². The minimum atomic E-state index is -0.850. The first kappa shape index (κ1) is 12.0. The van der Waals surface area contributed by atoms with Crippen molar-refractivity contribution in [3.63, 3.8) is 0 Å². The third kappa shape index (κ3) is 2.03. The number of benzene rings is 1. The molecule has 1 aromatic heterocycles. The minimum absolute atomic E-state index is 0.660. The van der Waals surface area contributed by atoms with Crippen LogP contribution in [0.2, 0.25) is 0 Å². The van der Waals surface area contributed by atoms with E-state index in [1.54, 1.807) is 6.20 Å². The smallest absolute Gasteiger partial charge is 0.329 e. The van der Waals surface area contributed by atoms with Gasteiger partial charge in [-0.05, 0) is 24.3 Å². The standard InChI is InChI=1S/C15H16N2O2/c18-14(19)15(8-3-4-9-15)17-13-12-6-2-1-5-11(12)7-10-16-13/h1-2,5-7,10H,3-4,8-9H2,(H,16,17)(H,18,19). The maximum absolute atomic E-state index is 11.6. The van der Waals surface area contributed by atoms with E-state index in [0.29, 0.717) is 18.7 Å². The fraction of sp³-hybridized carbons (Fsp3) is 0.333. The molecule has 0 bridgehead atoms. The van der Waals surface area contributed by atoms with E-state index in [1.165, 1.54) is 0 Å². The third-order valence-corrected chi connectivity index (χ3v) is 3.90. The molecule has 1 aliphatic rings. The number of pyridine rings is 1. The Balaban J connectivity index is 2.03. The third-order valence-electron chi connectivity index (χ3n) is 3.90. The Labute approximate surface area is 111 Å². The Kier molecular flexibility index (Phi) is 2.85. The number of carboxylic acids is 1. The molecule has 0 saturated heterocycles. The second kappa shape index (κ2) is 4.53. The number of hydrogen-bond donors (Lipinski definition) is 2. The van der Waals surface area contributed by atoms with Crippen molar-refractivity contribution in [3.05, 3.63) is 36.5 Å². The first-order chi connectivity index (χ1) is 9.21. The highest BCUT2D eigenvalue weighted by Crippen LogP contribution is 2.34. The molecule has 1 saturated carbocycles. The van der Waals surface area contributed by atoms with Gasteiger partial charge in [0.1, 0.15) is 11.4 Å². The molecule has 2 aromatic rings. The number of aromatic nitrogens is 1. The van der Waals surface area contributed by atoms with E-state index in [9.17, 15) is 9.90 Å². The molecule has 0 atom stereocenters. The Morgan fingerprint density at radius 2 is 1.95 bits per heavy atom. The molecule has 4 heteroatoms. The zero-order valence-corrected chi connectivity index (χ0v) is 10.6. The number of fused-ring (bicyclic) bond motifs is 1. The lowest BCUT2D eigenvalue weighted by atomic mass is 9.97. The van der Waals surface area contributed by atoms with Gasteiger partial charge in [0, 0.05) is 11.6 Å². The van der Waals surface area contributed by atoms with Crippen molar-refractivity contribution in [1.82, 2.24) is 4.98 Å². The summed E-state index contributed by atoms with van der Waals surface area (Å²) >= 11 is 0. The second-order valence-electron chi connectivity index (χ2n) is 5.10. The minimum Gasteiger partial charge on any atom is -0.480 e. The SMILES string of the molecule is O=C(O)C1(Nc2nccc3ccccc23)CCCC1. The van der Waals surface area contributed by atoms with Crippen molar-refractivity contribution in [2.24, 2.45) is 0 Å². The van der Waals surface area contributed by atoms with Crippen LogP contribution < -0.4 is 5.32 Å². The van der Waals surface area contributed by atoms with Crippen LogP contribution in [0, 0.1) is 0 Å². The van der Waals surface area contributed by atoms with Crippen LogP contribution in [0.15, 0.2) is 36.5 Å². The molecule has 1 aliphatic carbocycles. The molecule has 0 spiro atoms. The van der Waals surface area contributed by atoms with Gasteiger partial charge in [-0.25, -0.2) is 9.78 Å². The normalized spacial score (nSPS) is 17.5. The lowest BCUT2D eigenvalue weighted by molar-refractivity contribution is -0.142. The van der Waals surface area contributed by atoms with E-state index >= 15 is 0 Å². The Hall–Kier alpha value is -2.10. The van der Waals surface area contributed by atoms with Gasteiger partial charge in [-0.15, -0.1) is 0 Å². The number of aliphatic carboxylic acids is 1. The van der Waals surface area contributed by atoms with E-state index in [1.807, 2.05) is 30.3 Å². The predicted molar refractivity (Wildman–Crippen MR) is 74.2 cm³/mol. The summed E-state index contributed by atoms with van der Waals surface area (Å²) in [6.07, 6.45) is 4.93. The van der Waals surface area contributed by atoms with E-state index in [2.05, 4.69) is 10.3 Å². The number of hydrogen-bond acceptors (Lipinski definition) is 3. The maximum Gasteiger partial charge on any atom is 0.329 e.